The molecule has 0 saturated carbocycles. The fourth-order valence-corrected chi connectivity index (χ4v) is 3.88. The standard InChI is InChI=1S/C15H17NO4S/c17-14(18)8-11-9-21-6-5-16(11)15(19)13-7-10-3-1-2-4-12(10)20-13/h1-4,11,13H,5-9H2,(H,17,18). The van der Waals surface area contributed by atoms with Crippen LogP contribution in [0.5, 0.6) is 5.75 Å². The molecule has 1 aromatic rings. The molecule has 2 aliphatic heterocycles. The lowest BCUT2D eigenvalue weighted by molar-refractivity contribution is -0.143. The summed E-state index contributed by atoms with van der Waals surface area (Å²) in [6, 6.07) is 7.41. The second-order valence-electron chi connectivity index (χ2n) is 5.28. The zero-order valence-electron chi connectivity index (χ0n) is 11.5. The molecule has 2 heterocycles. The normalized spacial score (nSPS) is 24.3. The lowest BCUT2D eigenvalue weighted by atomic mass is 10.1. The Morgan fingerprint density at radius 2 is 2.19 bits per heavy atom. The molecule has 1 saturated heterocycles. The summed E-state index contributed by atoms with van der Waals surface area (Å²) in [4.78, 5) is 25.3. The van der Waals surface area contributed by atoms with E-state index in [4.69, 9.17) is 9.84 Å². The largest absolute Gasteiger partial charge is 0.481 e. The molecule has 21 heavy (non-hydrogen) atoms. The van der Waals surface area contributed by atoms with Crippen molar-refractivity contribution in [3.63, 3.8) is 0 Å². The first-order valence-corrected chi connectivity index (χ1v) is 8.15. The number of aliphatic carboxylic acids is 1. The van der Waals surface area contributed by atoms with Crippen LogP contribution in [0, 0.1) is 0 Å². The zero-order chi connectivity index (χ0) is 14.8. The van der Waals surface area contributed by atoms with Crippen molar-refractivity contribution in [1.82, 2.24) is 4.90 Å². The number of carboxylic acids is 1. The van der Waals surface area contributed by atoms with Crippen LogP contribution in [0.15, 0.2) is 24.3 Å². The van der Waals surface area contributed by atoms with Gasteiger partial charge in [0, 0.05) is 24.5 Å². The molecule has 6 heteroatoms. The van der Waals surface area contributed by atoms with Crippen molar-refractivity contribution < 1.29 is 19.4 Å². The van der Waals surface area contributed by atoms with Gasteiger partial charge in [-0.3, -0.25) is 9.59 Å². The van der Waals surface area contributed by atoms with Crippen LogP contribution in [0.2, 0.25) is 0 Å². The summed E-state index contributed by atoms with van der Waals surface area (Å²) in [6.07, 6.45) is 0.0541. The minimum absolute atomic E-state index is 0.00158. The highest BCUT2D eigenvalue weighted by atomic mass is 32.2. The average molecular weight is 307 g/mol. The third-order valence-electron chi connectivity index (χ3n) is 3.84. The van der Waals surface area contributed by atoms with Crippen LogP contribution in [-0.2, 0) is 16.0 Å². The number of rotatable bonds is 3. The topological polar surface area (TPSA) is 66.8 Å². The Hall–Kier alpha value is -1.69. The third kappa shape index (κ3) is 3.00. The second-order valence-corrected chi connectivity index (χ2v) is 6.43. The number of carbonyl (C=O) groups is 2. The van der Waals surface area contributed by atoms with Gasteiger partial charge in [0.25, 0.3) is 5.91 Å². The number of carboxylic acid groups (broad SMARTS) is 1. The van der Waals surface area contributed by atoms with E-state index < -0.39 is 12.1 Å². The highest BCUT2D eigenvalue weighted by Crippen LogP contribution is 2.30. The number of nitrogens with zero attached hydrogens (tertiary/aromatic N) is 1. The molecule has 1 amide bonds. The summed E-state index contributed by atoms with van der Waals surface area (Å²) in [5.74, 6) is 1.34. The third-order valence-corrected chi connectivity index (χ3v) is 4.94. The van der Waals surface area contributed by atoms with Gasteiger partial charge in [-0.05, 0) is 11.6 Å². The number of hydrogen-bond donors (Lipinski definition) is 1. The number of para-hydroxylation sites is 1. The molecule has 0 bridgehead atoms. The minimum atomic E-state index is -0.865. The Balaban J connectivity index is 1.71. The van der Waals surface area contributed by atoms with Crippen LogP contribution in [-0.4, -0.2) is 52.1 Å². The molecule has 2 atom stereocenters. The van der Waals surface area contributed by atoms with Crippen molar-refractivity contribution in [2.75, 3.05) is 18.1 Å². The Kier molecular flexibility index (Phi) is 4.05. The van der Waals surface area contributed by atoms with Crippen molar-refractivity contribution in [1.29, 1.82) is 0 Å². The maximum Gasteiger partial charge on any atom is 0.305 e. The SMILES string of the molecule is O=C(O)CC1CSCCN1C(=O)C1Cc2ccccc2O1. The van der Waals surface area contributed by atoms with Crippen molar-refractivity contribution >= 4 is 23.6 Å². The van der Waals surface area contributed by atoms with Gasteiger partial charge in [0.2, 0.25) is 0 Å². The van der Waals surface area contributed by atoms with Gasteiger partial charge in [-0.2, -0.15) is 11.8 Å². The van der Waals surface area contributed by atoms with Crippen molar-refractivity contribution in [2.24, 2.45) is 0 Å². The number of ether oxygens (including phenoxy) is 1. The molecule has 2 aliphatic rings. The summed E-state index contributed by atoms with van der Waals surface area (Å²) >= 11 is 1.70. The maximum atomic E-state index is 12.7. The molecular formula is C15H17NO4S. The Bertz CT molecular complexity index is 537. The van der Waals surface area contributed by atoms with Gasteiger partial charge in [0.15, 0.2) is 6.10 Å². The Morgan fingerprint density at radius 1 is 1.38 bits per heavy atom. The van der Waals surface area contributed by atoms with Crippen LogP contribution in [0.4, 0.5) is 0 Å². The first kappa shape index (κ1) is 14.3. The smallest absolute Gasteiger partial charge is 0.305 e. The number of benzene rings is 1. The summed E-state index contributed by atoms with van der Waals surface area (Å²) in [6.45, 7) is 0.595. The zero-order valence-corrected chi connectivity index (χ0v) is 12.3. The van der Waals surface area contributed by atoms with Crippen LogP contribution < -0.4 is 4.74 Å². The van der Waals surface area contributed by atoms with Gasteiger partial charge in [-0.1, -0.05) is 18.2 Å². The quantitative estimate of drug-likeness (QED) is 0.914. The van der Waals surface area contributed by atoms with Gasteiger partial charge < -0.3 is 14.7 Å². The van der Waals surface area contributed by atoms with Crippen LogP contribution >= 0.6 is 11.8 Å². The molecule has 0 spiro atoms. The molecule has 1 aromatic carbocycles. The van der Waals surface area contributed by atoms with Gasteiger partial charge in [-0.15, -0.1) is 0 Å². The molecule has 5 nitrogen and oxygen atoms in total. The molecule has 0 aliphatic carbocycles. The lowest BCUT2D eigenvalue weighted by Gasteiger charge is -2.35. The van der Waals surface area contributed by atoms with Crippen LogP contribution in [0.25, 0.3) is 0 Å². The van der Waals surface area contributed by atoms with E-state index in [2.05, 4.69) is 0 Å². The molecule has 0 aromatic heterocycles. The fraction of sp³-hybridized carbons (Fsp3) is 0.467. The predicted molar refractivity (Wildman–Crippen MR) is 79.6 cm³/mol. The molecule has 3 rings (SSSR count). The highest BCUT2D eigenvalue weighted by molar-refractivity contribution is 7.99. The van der Waals surface area contributed by atoms with Crippen molar-refractivity contribution in [2.45, 2.75) is 25.0 Å². The molecular weight excluding hydrogens is 290 g/mol. The van der Waals surface area contributed by atoms with Gasteiger partial charge in [0.1, 0.15) is 5.75 Å². The second kappa shape index (κ2) is 5.97. The number of fused-ring (bicyclic) bond motifs is 1. The Morgan fingerprint density at radius 3 is 2.95 bits per heavy atom. The van der Waals surface area contributed by atoms with Gasteiger partial charge >= 0.3 is 5.97 Å². The highest BCUT2D eigenvalue weighted by Gasteiger charge is 2.37. The van der Waals surface area contributed by atoms with E-state index in [9.17, 15) is 9.59 Å². The van der Waals surface area contributed by atoms with E-state index in [-0.39, 0.29) is 18.4 Å². The number of carbonyl (C=O) groups excluding carboxylic acids is 1. The van der Waals surface area contributed by atoms with E-state index in [0.29, 0.717) is 18.7 Å². The van der Waals surface area contributed by atoms with Crippen LogP contribution in [0.3, 0.4) is 0 Å². The maximum absolute atomic E-state index is 12.7. The minimum Gasteiger partial charge on any atom is -0.481 e. The average Bonchev–Trinajstić information content (AvgIpc) is 2.90. The first-order valence-electron chi connectivity index (χ1n) is 6.99. The fourth-order valence-electron chi connectivity index (χ4n) is 2.82. The number of amides is 1. The van der Waals surface area contributed by atoms with Gasteiger partial charge in [-0.25, -0.2) is 0 Å². The monoisotopic (exact) mass is 307 g/mol. The van der Waals surface area contributed by atoms with E-state index in [1.54, 1.807) is 16.7 Å². The lowest BCUT2D eigenvalue weighted by Crippen LogP contribution is -2.51. The molecule has 112 valence electrons. The van der Waals surface area contributed by atoms with Crippen molar-refractivity contribution in [3.05, 3.63) is 29.8 Å². The van der Waals surface area contributed by atoms with E-state index >= 15 is 0 Å². The van der Waals surface area contributed by atoms with E-state index in [1.807, 2.05) is 24.3 Å². The summed E-state index contributed by atoms with van der Waals surface area (Å²) < 4.78 is 5.73. The molecule has 2 unspecified atom stereocenters. The summed E-state index contributed by atoms with van der Waals surface area (Å²) in [5.41, 5.74) is 1.04. The number of hydrogen-bond acceptors (Lipinski definition) is 4. The summed E-state index contributed by atoms with van der Waals surface area (Å²) in [5, 5.41) is 8.99. The summed E-state index contributed by atoms with van der Waals surface area (Å²) in [7, 11) is 0. The van der Waals surface area contributed by atoms with E-state index in [1.165, 1.54) is 0 Å². The predicted octanol–water partition coefficient (Wildman–Crippen LogP) is 1.41. The van der Waals surface area contributed by atoms with Gasteiger partial charge in [0.05, 0.1) is 12.5 Å². The molecule has 1 N–H and O–H groups in total. The van der Waals surface area contributed by atoms with Crippen molar-refractivity contribution in [3.8, 4) is 5.75 Å². The van der Waals surface area contributed by atoms with E-state index in [0.717, 1.165) is 17.1 Å². The Labute approximate surface area is 127 Å². The molecule has 1 fully saturated rings. The first-order chi connectivity index (χ1) is 10.1. The molecule has 0 radical (unpaired) electrons. The number of thioether (sulfide) groups is 1. The van der Waals surface area contributed by atoms with Crippen LogP contribution in [0.1, 0.15) is 12.0 Å².